The van der Waals surface area contributed by atoms with Crippen LogP contribution in [0.25, 0.3) is 0 Å². The van der Waals surface area contributed by atoms with Crippen LogP contribution >= 0.6 is 11.6 Å². The molecule has 1 aromatic heterocycles. The Morgan fingerprint density at radius 2 is 1.89 bits per heavy atom. The van der Waals surface area contributed by atoms with Crippen LogP contribution in [0.1, 0.15) is 10.4 Å². The Balaban J connectivity index is 1.82. The first kappa shape index (κ1) is 18.5. The summed E-state index contributed by atoms with van der Waals surface area (Å²) in [5.74, 6) is -1.90. The van der Waals surface area contributed by atoms with Crippen molar-refractivity contribution in [2.45, 2.75) is 0 Å². The third-order valence-corrected chi connectivity index (χ3v) is 3.81. The summed E-state index contributed by atoms with van der Waals surface area (Å²) in [6, 6.07) is 9.55. The van der Waals surface area contributed by atoms with E-state index in [1.165, 1.54) is 31.5 Å². The van der Waals surface area contributed by atoms with Gasteiger partial charge in [-0.15, -0.1) is 0 Å². The van der Waals surface area contributed by atoms with Crippen LogP contribution in [0.15, 0.2) is 48.7 Å². The highest BCUT2D eigenvalue weighted by atomic mass is 35.5. The summed E-state index contributed by atoms with van der Waals surface area (Å²) in [5, 5.41) is 6.12. The molecule has 138 valence electrons. The molecular formula is C18H13ClF2N4O2. The van der Waals surface area contributed by atoms with Crippen LogP contribution in [0.2, 0.25) is 5.02 Å². The van der Waals surface area contributed by atoms with Crippen molar-refractivity contribution < 1.29 is 18.3 Å². The van der Waals surface area contributed by atoms with Crippen LogP contribution in [0.3, 0.4) is 0 Å². The number of anilines is 4. The van der Waals surface area contributed by atoms with Crippen molar-refractivity contribution in [3.63, 3.8) is 0 Å². The van der Waals surface area contributed by atoms with Gasteiger partial charge in [-0.1, -0.05) is 11.6 Å². The number of ether oxygens (including phenoxy) is 1. The second-order valence-corrected chi connectivity index (χ2v) is 5.74. The minimum Gasteiger partial charge on any atom is -0.465 e. The number of rotatable bonds is 5. The highest BCUT2D eigenvalue weighted by Gasteiger charge is 2.10. The number of carbonyl (C=O) groups excluding carboxylic acids is 1. The molecule has 0 aliphatic heterocycles. The van der Waals surface area contributed by atoms with Gasteiger partial charge in [0.25, 0.3) is 0 Å². The Bertz CT molecular complexity index is 1000. The summed E-state index contributed by atoms with van der Waals surface area (Å²) in [7, 11) is 1.28. The molecule has 2 aromatic carbocycles. The summed E-state index contributed by atoms with van der Waals surface area (Å²) in [5.41, 5.74) is 1.05. The van der Waals surface area contributed by atoms with E-state index in [1.54, 1.807) is 12.1 Å². The van der Waals surface area contributed by atoms with Crippen molar-refractivity contribution in [2.75, 3.05) is 17.7 Å². The minimum absolute atomic E-state index is 0.159. The van der Waals surface area contributed by atoms with Crippen molar-refractivity contribution in [2.24, 2.45) is 0 Å². The fourth-order valence-corrected chi connectivity index (χ4v) is 2.36. The van der Waals surface area contributed by atoms with Gasteiger partial charge in [0, 0.05) is 18.0 Å². The van der Waals surface area contributed by atoms with E-state index >= 15 is 0 Å². The standard InChI is InChI=1S/C18H13ClF2N4O2/c1-27-17(26)10-2-4-12(19)15(8-10)24-16-6-7-22-18(25-16)23-11-3-5-13(20)14(21)9-11/h2-9H,1H3,(H2,22,23,24,25). The Morgan fingerprint density at radius 1 is 1.07 bits per heavy atom. The number of benzene rings is 2. The van der Waals surface area contributed by atoms with Crippen molar-refractivity contribution in [1.29, 1.82) is 0 Å². The number of hydrogen-bond acceptors (Lipinski definition) is 6. The van der Waals surface area contributed by atoms with E-state index in [9.17, 15) is 13.6 Å². The number of nitrogens with zero attached hydrogens (tertiary/aromatic N) is 2. The van der Waals surface area contributed by atoms with Gasteiger partial charge in [0.15, 0.2) is 11.6 Å². The van der Waals surface area contributed by atoms with E-state index in [1.807, 2.05) is 0 Å². The summed E-state index contributed by atoms with van der Waals surface area (Å²) < 4.78 is 31.0. The molecular weight excluding hydrogens is 378 g/mol. The van der Waals surface area contributed by atoms with E-state index in [-0.39, 0.29) is 11.6 Å². The smallest absolute Gasteiger partial charge is 0.337 e. The van der Waals surface area contributed by atoms with Gasteiger partial charge in [0.1, 0.15) is 5.82 Å². The molecule has 0 bridgehead atoms. The lowest BCUT2D eigenvalue weighted by atomic mass is 10.2. The Labute approximate surface area is 158 Å². The predicted octanol–water partition coefficient (Wildman–Crippen LogP) is 4.68. The number of methoxy groups -OCH3 is 1. The summed E-state index contributed by atoms with van der Waals surface area (Å²) in [4.78, 5) is 19.9. The van der Waals surface area contributed by atoms with Gasteiger partial charge in [-0.3, -0.25) is 0 Å². The second-order valence-electron chi connectivity index (χ2n) is 5.33. The highest BCUT2D eigenvalue weighted by molar-refractivity contribution is 6.33. The van der Waals surface area contributed by atoms with Gasteiger partial charge < -0.3 is 15.4 Å². The maximum absolute atomic E-state index is 13.3. The zero-order valence-electron chi connectivity index (χ0n) is 14.0. The number of nitrogens with one attached hydrogen (secondary N) is 2. The van der Waals surface area contributed by atoms with Gasteiger partial charge in [-0.25, -0.2) is 18.6 Å². The van der Waals surface area contributed by atoms with Crippen LogP contribution in [-0.2, 0) is 4.74 Å². The molecule has 0 aliphatic carbocycles. The fraction of sp³-hybridized carbons (Fsp3) is 0.0556. The third kappa shape index (κ3) is 4.48. The molecule has 0 saturated carbocycles. The van der Waals surface area contributed by atoms with Crippen LogP contribution in [0.4, 0.5) is 31.9 Å². The van der Waals surface area contributed by atoms with Crippen LogP contribution < -0.4 is 10.6 Å². The van der Waals surface area contributed by atoms with Gasteiger partial charge in [0.2, 0.25) is 5.95 Å². The lowest BCUT2D eigenvalue weighted by Gasteiger charge is -2.11. The molecule has 2 N–H and O–H groups in total. The number of hydrogen-bond donors (Lipinski definition) is 2. The van der Waals surface area contributed by atoms with Gasteiger partial charge in [0.05, 0.1) is 23.4 Å². The molecule has 0 unspecified atom stereocenters. The molecule has 9 heteroatoms. The SMILES string of the molecule is COC(=O)c1ccc(Cl)c(Nc2ccnc(Nc3ccc(F)c(F)c3)n2)c1. The molecule has 0 radical (unpaired) electrons. The summed E-state index contributed by atoms with van der Waals surface area (Å²) >= 11 is 6.14. The zero-order valence-corrected chi connectivity index (χ0v) is 14.7. The first-order valence-corrected chi connectivity index (χ1v) is 8.04. The van der Waals surface area contributed by atoms with Crippen LogP contribution in [0.5, 0.6) is 0 Å². The number of halogens is 3. The van der Waals surface area contributed by atoms with Crippen molar-refractivity contribution >= 4 is 40.7 Å². The fourth-order valence-electron chi connectivity index (χ4n) is 2.20. The summed E-state index contributed by atoms with van der Waals surface area (Å²) in [6.45, 7) is 0. The van der Waals surface area contributed by atoms with Gasteiger partial charge >= 0.3 is 5.97 Å². The molecule has 3 aromatic rings. The molecule has 0 atom stereocenters. The third-order valence-electron chi connectivity index (χ3n) is 3.48. The van der Waals surface area contributed by atoms with Crippen molar-refractivity contribution in [1.82, 2.24) is 9.97 Å². The Kier molecular flexibility index (Phi) is 5.46. The Morgan fingerprint density at radius 3 is 2.63 bits per heavy atom. The minimum atomic E-state index is -0.985. The number of aromatic nitrogens is 2. The molecule has 3 rings (SSSR count). The molecule has 1 heterocycles. The summed E-state index contributed by atoms with van der Waals surface area (Å²) in [6.07, 6.45) is 1.47. The Hall–Kier alpha value is -3.26. The van der Waals surface area contributed by atoms with E-state index in [0.29, 0.717) is 22.1 Å². The lowest BCUT2D eigenvalue weighted by Crippen LogP contribution is -2.04. The first-order chi connectivity index (χ1) is 13.0. The largest absolute Gasteiger partial charge is 0.465 e. The van der Waals surface area contributed by atoms with Crippen molar-refractivity contribution in [3.8, 4) is 0 Å². The van der Waals surface area contributed by atoms with E-state index in [2.05, 4.69) is 25.3 Å². The van der Waals surface area contributed by atoms with Crippen molar-refractivity contribution in [3.05, 3.63) is 70.9 Å². The average Bonchev–Trinajstić information content (AvgIpc) is 2.66. The van der Waals surface area contributed by atoms with E-state index in [0.717, 1.165) is 12.1 Å². The van der Waals surface area contributed by atoms with E-state index in [4.69, 9.17) is 11.6 Å². The lowest BCUT2D eigenvalue weighted by molar-refractivity contribution is 0.0601. The maximum atomic E-state index is 13.3. The molecule has 0 saturated heterocycles. The second kappa shape index (κ2) is 7.96. The molecule has 0 spiro atoms. The average molecular weight is 391 g/mol. The highest BCUT2D eigenvalue weighted by Crippen LogP contribution is 2.27. The van der Waals surface area contributed by atoms with Gasteiger partial charge in [-0.05, 0) is 36.4 Å². The number of esters is 1. The molecule has 27 heavy (non-hydrogen) atoms. The molecule has 6 nitrogen and oxygen atoms in total. The van der Waals surface area contributed by atoms with Crippen LogP contribution in [-0.4, -0.2) is 23.0 Å². The quantitative estimate of drug-likeness (QED) is 0.616. The molecule has 0 amide bonds. The zero-order chi connectivity index (χ0) is 19.4. The van der Waals surface area contributed by atoms with Crippen LogP contribution in [0, 0.1) is 11.6 Å². The monoisotopic (exact) mass is 390 g/mol. The molecule has 0 fully saturated rings. The topological polar surface area (TPSA) is 76.1 Å². The predicted molar refractivity (Wildman–Crippen MR) is 97.7 cm³/mol. The van der Waals surface area contributed by atoms with Gasteiger partial charge in [-0.2, -0.15) is 4.98 Å². The first-order valence-electron chi connectivity index (χ1n) is 7.66. The number of carbonyl (C=O) groups is 1. The van der Waals surface area contributed by atoms with E-state index < -0.39 is 17.6 Å². The normalized spacial score (nSPS) is 10.4. The molecule has 0 aliphatic rings. The maximum Gasteiger partial charge on any atom is 0.337 e.